The molecular weight excluding hydrogens is 243 g/mol. The van der Waals surface area contributed by atoms with Gasteiger partial charge >= 0.3 is 0 Å². The van der Waals surface area contributed by atoms with Crippen LogP contribution in [-0.4, -0.2) is 31.6 Å². The number of hydrogen-bond acceptors (Lipinski definition) is 4. The molecule has 0 aliphatic heterocycles. The summed E-state index contributed by atoms with van der Waals surface area (Å²) in [5.41, 5.74) is 11.8. The van der Waals surface area contributed by atoms with Crippen molar-refractivity contribution in [2.24, 2.45) is 0 Å². The average molecular weight is 261 g/mol. The first-order valence-corrected chi connectivity index (χ1v) is 5.65. The van der Waals surface area contributed by atoms with E-state index in [4.69, 9.17) is 23.1 Å². The van der Waals surface area contributed by atoms with Gasteiger partial charge in [0.25, 0.3) is 0 Å². The lowest BCUT2D eigenvalue weighted by Crippen LogP contribution is -2.30. The summed E-state index contributed by atoms with van der Waals surface area (Å²) < 4.78 is 13.9. The van der Waals surface area contributed by atoms with Crippen molar-refractivity contribution in [2.75, 3.05) is 37.4 Å². The summed E-state index contributed by atoms with van der Waals surface area (Å²) in [6.07, 6.45) is 0. The highest BCUT2D eigenvalue weighted by Gasteiger charge is 2.16. The highest BCUT2D eigenvalue weighted by molar-refractivity contribution is 6.33. The van der Waals surface area contributed by atoms with Crippen LogP contribution in [0.3, 0.4) is 0 Å². The second kappa shape index (κ2) is 5.42. The minimum absolute atomic E-state index is 0.0430. The molecule has 1 rings (SSSR count). The lowest BCUT2D eigenvalue weighted by molar-refractivity contribution is 0.391. The molecule has 0 aromatic heterocycles. The molecule has 0 saturated carbocycles. The predicted octanol–water partition coefficient (Wildman–Crippen LogP) is 2.01. The Morgan fingerprint density at radius 3 is 2.53 bits per heavy atom. The normalized spacial score (nSPS) is 12.8. The van der Waals surface area contributed by atoms with E-state index >= 15 is 0 Å². The van der Waals surface area contributed by atoms with Gasteiger partial charge in [0.05, 0.1) is 17.1 Å². The fourth-order valence-corrected chi connectivity index (χ4v) is 1.80. The van der Waals surface area contributed by atoms with E-state index in [9.17, 15) is 4.39 Å². The minimum atomic E-state index is -0.602. The molecule has 1 aromatic carbocycles. The minimum Gasteiger partial charge on any atom is -0.397 e. The number of nitrogens with zero attached hydrogens (tertiary/aromatic N) is 1. The zero-order valence-electron chi connectivity index (χ0n) is 10.2. The molecule has 1 unspecified atom stereocenters. The van der Waals surface area contributed by atoms with Crippen molar-refractivity contribution in [3.8, 4) is 0 Å². The van der Waals surface area contributed by atoms with Crippen LogP contribution in [0.5, 0.6) is 0 Å². The lowest BCUT2D eigenvalue weighted by Gasteiger charge is -2.21. The van der Waals surface area contributed by atoms with Gasteiger partial charge in [-0.2, -0.15) is 0 Å². The lowest BCUT2D eigenvalue weighted by atomic mass is 10.2. The fraction of sp³-hybridized carbons (Fsp3) is 0.455. The Morgan fingerprint density at radius 2 is 2.00 bits per heavy atom. The molecule has 0 aliphatic rings. The van der Waals surface area contributed by atoms with Crippen molar-refractivity contribution < 1.29 is 4.39 Å². The predicted molar refractivity (Wildman–Crippen MR) is 71.9 cm³/mol. The number of likely N-dealkylation sites (N-methyl/N-ethyl adjacent to an activating group) is 1. The van der Waals surface area contributed by atoms with Gasteiger partial charge in [0, 0.05) is 12.6 Å². The summed E-state index contributed by atoms with van der Waals surface area (Å²) in [5, 5.41) is 2.90. The van der Waals surface area contributed by atoms with E-state index in [1.54, 1.807) is 0 Å². The van der Waals surface area contributed by atoms with Crippen LogP contribution < -0.4 is 16.8 Å². The third kappa shape index (κ3) is 3.38. The van der Waals surface area contributed by atoms with Gasteiger partial charge in [0.15, 0.2) is 5.82 Å². The van der Waals surface area contributed by atoms with Crippen LogP contribution in [0.2, 0.25) is 5.02 Å². The second-order valence-electron chi connectivity index (χ2n) is 4.37. The monoisotopic (exact) mass is 260 g/mol. The number of anilines is 3. The van der Waals surface area contributed by atoms with Crippen molar-refractivity contribution in [3.63, 3.8) is 0 Å². The quantitative estimate of drug-likeness (QED) is 0.725. The molecule has 96 valence electrons. The van der Waals surface area contributed by atoms with Crippen LogP contribution in [-0.2, 0) is 0 Å². The molecule has 0 aliphatic carbocycles. The molecule has 17 heavy (non-hydrogen) atoms. The van der Waals surface area contributed by atoms with Gasteiger partial charge in [-0.3, -0.25) is 0 Å². The number of benzene rings is 1. The van der Waals surface area contributed by atoms with E-state index in [1.807, 2.05) is 25.9 Å². The van der Waals surface area contributed by atoms with Crippen LogP contribution in [0, 0.1) is 5.82 Å². The zero-order valence-corrected chi connectivity index (χ0v) is 11.0. The maximum atomic E-state index is 13.9. The first kappa shape index (κ1) is 13.9. The molecule has 0 spiro atoms. The Bertz CT molecular complexity index is 409. The molecular formula is C11H18ClFN4. The summed E-state index contributed by atoms with van der Waals surface area (Å²) >= 11 is 5.74. The number of rotatable bonds is 4. The average Bonchev–Trinajstić information content (AvgIpc) is 2.20. The summed E-state index contributed by atoms with van der Waals surface area (Å²) in [5.74, 6) is -0.602. The fourth-order valence-electron chi connectivity index (χ4n) is 1.65. The topological polar surface area (TPSA) is 67.3 Å². The molecule has 0 fully saturated rings. The standard InChI is InChI=1S/C11H18ClFN4/c1-6(5-17(2)3)16-11-8(15)4-7(14)9(12)10(11)13/h4,6,16H,5,14-15H2,1-3H3. The highest BCUT2D eigenvalue weighted by atomic mass is 35.5. The molecule has 0 heterocycles. The first-order chi connectivity index (χ1) is 7.82. The van der Waals surface area contributed by atoms with Gasteiger partial charge in [-0.25, -0.2) is 4.39 Å². The van der Waals surface area contributed by atoms with Gasteiger partial charge in [-0.1, -0.05) is 11.6 Å². The summed E-state index contributed by atoms with van der Waals surface area (Å²) in [6, 6.07) is 1.50. The van der Waals surface area contributed by atoms with Crippen molar-refractivity contribution in [1.82, 2.24) is 4.90 Å². The Morgan fingerprint density at radius 1 is 1.41 bits per heavy atom. The number of hydrogen-bond donors (Lipinski definition) is 3. The van der Waals surface area contributed by atoms with Crippen LogP contribution in [0.25, 0.3) is 0 Å². The van der Waals surface area contributed by atoms with E-state index in [1.165, 1.54) is 6.07 Å². The van der Waals surface area contributed by atoms with E-state index in [0.29, 0.717) is 0 Å². The molecule has 0 radical (unpaired) electrons. The second-order valence-corrected chi connectivity index (χ2v) is 4.74. The van der Waals surface area contributed by atoms with Gasteiger partial charge < -0.3 is 21.7 Å². The Kier molecular flexibility index (Phi) is 4.42. The smallest absolute Gasteiger partial charge is 0.169 e. The maximum absolute atomic E-state index is 13.9. The number of halogens is 2. The van der Waals surface area contributed by atoms with Crippen molar-refractivity contribution in [3.05, 3.63) is 16.9 Å². The molecule has 0 saturated heterocycles. The van der Waals surface area contributed by atoms with Gasteiger partial charge in [-0.05, 0) is 27.1 Å². The molecule has 5 N–H and O–H groups in total. The third-order valence-corrected chi connectivity index (χ3v) is 2.68. The van der Waals surface area contributed by atoms with E-state index in [2.05, 4.69) is 5.32 Å². The third-order valence-electron chi connectivity index (χ3n) is 2.30. The number of nitrogen functional groups attached to an aromatic ring is 2. The first-order valence-electron chi connectivity index (χ1n) is 5.27. The number of nitrogens with one attached hydrogen (secondary N) is 1. The SMILES string of the molecule is CC(CN(C)C)Nc1c(N)cc(N)c(Cl)c1F. The van der Waals surface area contributed by atoms with E-state index in [0.717, 1.165) is 6.54 Å². The van der Waals surface area contributed by atoms with Crippen molar-refractivity contribution >= 4 is 28.7 Å². The molecule has 0 amide bonds. The van der Waals surface area contributed by atoms with Gasteiger partial charge in [-0.15, -0.1) is 0 Å². The Hall–Kier alpha value is -1.20. The van der Waals surface area contributed by atoms with Crippen LogP contribution >= 0.6 is 11.6 Å². The summed E-state index contributed by atoms with van der Waals surface area (Å²) in [6.45, 7) is 2.68. The molecule has 1 atom stereocenters. The Balaban J connectivity index is 2.95. The summed E-state index contributed by atoms with van der Waals surface area (Å²) in [4.78, 5) is 1.99. The van der Waals surface area contributed by atoms with Crippen LogP contribution in [0.1, 0.15) is 6.92 Å². The van der Waals surface area contributed by atoms with E-state index in [-0.39, 0.29) is 28.1 Å². The van der Waals surface area contributed by atoms with Crippen molar-refractivity contribution in [2.45, 2.75) is 13.0 Å². The summed E-state index contributed by atoms with van der Waals surface area (Å²) in [7, 11) is 3.88. The highest BCUT2D eigenvalue weighted by Crippen LogP contribution is 2.33. The van der Waals surface area contributed by atoms with Crippen molar-refractivity contribution in [1.29, 1.82) is 0 Å². The van der Waals surface area contributed by atoms with Gasteiger partial charge in [0.2, 0.25) is 0 Å². The molecule has 0 bridgehead atoms. The maximum Gasteiger partial charge on any atom is 0.169 e. The Labute approximate surface area is 106 Å². The molecule has 6 heteroatoms. The molecule has 4 nitrogen and oxygen atoms in total. The molecule has 1 aromatic rings. The van der Waals surface area contributed by atoms with E-state index < -0.39 is 5.82 Å². The largest absolute Gasteiger partial charge is 0.397 e. The van der Waals surface area contributed by atoms with Crippen LogP contribution in [0.4, 0.5) is 21.5 Å². The zero-order chi connectivity index (χ0) is 13.2. The van der Waals surface area contributed by atoms with Crippen LogP contribution in [0.15, 0.2) is 6.07 Å². The van der Waals surface area contributed by atoms with Gasteiger partial charge in [0.1, 0.15) is 5.02 Å². The number of nitrogens with two attached hydrogens (primary N) is 2.